The zero-order chi connectivity index (χ0) is 18.5. The van der Waals surface area contributed by atoms with E-state index in [9.17, 15) is 0 Å². The van der Waals surface area contributed by atoms with Gasteiger partial charge in [0.15, 0.2) is 0 Å². The van der Waals surface area contributed by atoms with Crippen LogP contribution >= 0.6 is 0 Å². The summed E-state index contributed by atoms with van der Waals surface area (Å²) in [5, 5.41) is 8.92. The van der Waals surface area contributed by atoms with E-state index in [1.807, 2.05) is 48.5 Å². The van der Waals surface area contributed by atoms with E-state index in [1.165, 1.54) is 11.1 Å². The average molecular weight is 345 g/mol. The van der Waals surface area contributed by atoms with Crippen molar-refractivity contribution >= 4 is 0 Å². The molecule has 3 aromatic carbocycles. The van der Waals surface area contributed by atoms with Crippen LogP contribution in [-0.4, -0.2) is 11.7 Å². The Morgan fingerprint density at radius 2 is 1.19 bits per heavy atom. The summed E-state index contributed by atoms with van der Waals surface area (Å²) in [6.07, 6.45) is 0.768. The number of nitrogens with zero attached hydrogens (tertiary/aromatic N) is 1. The van der Waals surface area contributed by atoms with Crippen molar-refractivity contribution < 1.29 is 9.84 Å². The number of rotatable bonds is 6. The van der Waals surface area contributed by atoms with Crippen LogP contribution in [0.25, 0.3) is 4.85 Å². The second-order valence-corrected chi connectivity index (χ2v) is 5.76. The Labute approximate surface area is 155 Å². The summed E-state index contributed by atoms with van der Waals surface area (Å²) in [6.45, 7) is 8.44. The number of phenols is 1. The van der Waals surface area contributed by atoms with Crippen molar-refractivity contribution in [3.63, 3.8) is 0 Å². The van der Waals surface area contributed by atoms with Crippen molar-refractivity contribution in [1.29, 1.82) is 0 Å². The number of hydrogen-bond acceptors (Lipinski definition) is 2. The molecule has 1 N–H and O–H groups in total. The molecule has 0 aliphatic heterocycles. The molecule has 3 aromatic rings. The molecule has 0 saturated carbocycles. The van der Waals surface area contributed by atoms with Gasteiger partial charge in [0, 0.05) is 6.42 Å². The van der Waals surface area contributed by atoms with E-state index in [0.29, 0.717) is 19.8 Å². The van der Waals surface area contributed by atoms with Gasteiger partial charge in [0.1, 0.15) is 5.75 Å². The molecule has 0 aromatic heterocycles. The Kier molecular flexibility index (Phi) is 8.48. The first-order valence-corrected chi connectivity index (χ1v) is 8.54. The lowest BCUT2D eigenvalue weighted by molar-refractivity contribution is 0.107. The van der Waals surface area contributed by atoms with E-state index < -0.39 is 0 Å². The number of aromatic hydroxyl groups is 1. The zero-order valence-corrected chi connectivity index (χ0v) is 14.7. The third kappa shape index (κ3) is 7.65. The van der Waals surface area contributed by atoms with Crippen LogP contribution in [0.3, 0.4) is 0 Å². The molecule has 3 nitrogen and oxygen atoms in total. The van der Waals surface area contributed by atoms with E-state index in [2.05, 4.69) is 29.1 Å². The minimum absolute atomic E-state index is 0.275. The van der Waals surface area contributed by atoms with E-state index in [4.69, 9.17) is 16.4 Å². The number of benzene rings is 3. The fraction of sp³-hybridized carbons (Fsp3) is 0.174. The Bertz CT molecular complexity index is 738. The monoisotopic (exact) mass is 345 g/mol. The van der Waals surface area contributed by atoms with Gasteiger partial charge in [-0.05, 0) is 28.8 Å². The third-order valence-electron chi connectivity index (χ3n) is 3.67. The average Bonchev–Trinajstić information content (AvgIpc) is 2.70. The van der Waals surface area contributed by atoms with Crippen molar-refractivity contribution in [3.8, 4) is 5.75 Å². The van der Waals surface area contributed by atoms with Gasteiger partial charge in [-0.25, -0.2) is 6.57 Å². The summed E-state index contributed by atoms with van der Waals surface area (Å²) in [7, 11) is 0. The van der Waals surface area contributed by atoms with Crippen LogP contribution in [0.2, 0.25) is 0 Å². The summed E-state index contributed by atoms with van der Waals surface area (Å²) < 4.78 is 5.61. The number of ether oxygens (including phenoxy) is 1. The molecule has 0 spiro atoms. The molecule has 0 radical (unpaired) electrons. The highest BCUT2D eigenvalue weighted by molar-refractivity contribution is 5.26. The predicted molar refractivity (Wildman–Crippen MR) is 105 cm³/mol. The molecule has 132 valence electrons. The molecule has 0 heterocycles. The first-order chi connectivity index (χ1) is 12.8. The van der Waals surface area contributed by atoms with Crippen molar-refractivity contribution in [1.82, 2.24) is 0 Å². The second-order valence-electron chi connectivity index (χ2n) is 5.76. The van der Waals surface area contributed by atoms with Crippen molar-refractivity contribution in [3.05, 3.63) is 113 Å². The SMILES string of the molecule is [C-]#[N+]CCc1ccc(O)cc1.c1ccc(COCc2ccccc2)cc1. The maximum absolute atomic E-state index is 8.92. The fourth-order valence-electron chi connectivity index (χ4n) is 2.28. The van der Waals surface area contributed by atoms with Gasteiger partial charge in [-0.2, -0.15) is 0 Å². The van der Waals surface area contributed by atoms with E-state index in [1.54, 1.807) is 12.1 Å². The van der Waals surface area contributed by atoms with Crippen LogP contribution in [0.15, 0.2) is 84.9 Å². The molecule has 0 aliphatic carbocycles. The maximum atomic E-state index is 8.92. The van der Waals surface area contributed by atoms with Crippen LogP contribution in [0.1, 0.15) is 16.7 Å². The summed E-state index contributed by atoms with van der Waals surface area (Å²) >= 11 is 0. The van der Waals surface area contributed by atoms with Gasteiger partial charge in [0.05, 0.1) is 13.2 Å². The number of phenolic OH excluding ortho intramolecular Hbond substituents is 1. The molecule has 0 atom stereocenters. The first kappa shape index (κ1) is 19.2. The quantitative estimate of drug-likeness (QED) is 0.619. The second kappa shape index (κ2) is 11.5. The molecule has 0 fully saturated rings. The lowest BCUT2D eigenvalue weighted by Crippen LogP contribution is -1.93. The maximum Gasteiger partial charge on any atom is 0.218 e. The lowest BCUT2D eigenvalue weighted by Gasteiger charge is -2.03. The molecule has 0 saturated heterocycles. The predicted octanol–water partition coefficient (Wildman–Crippen LogP) is 5.26. The summed E-state index contributed by atoms with van der Waals surface area (Å²) in [6, 6.07) is 27.4. The molecule has 0 unspecified atom stereocenters. The Morgan fingerprint density at radius 3 is 1.65 bits per heavy atom. The standard InChI is InChI=1S/C14H14O.C9H9NO/c1-3-7-13(8-4-1)11-15-12-14-9-5-2-6-10-14;1-10-7-6-8-2-4-9(11)5-3-8/h1-10H,11-12H2;2-5,11H,6-7H2. The molecule has 0 aliphatic rings. The highest BCUT2D eigenvalue weighted by Gasteiger charge is 1.94. The summed E-state index contributed by atoms with van der Waals surface area (Å²) in [4.78, 5) is 3.24. The van der Waals surface area contributed by atoms with Gasteiger partial charge in [0.25, 0.3) is 0 Å². The van der Waals surface area contributed by atoms with Crippen LogP contribution in [0.5, 0.6) is 5.75 Å². The molecular formula is C23H23NO2. The molecule has 26 heavy (non-hydrogen) atoms. The smallest absolute Gasteiger partial charge is 0.218 e. The highest BCUT2D eigenvalue weighted by atomic mass is 16.5. The van der Waals surface area contributed by atoms with Crippen molar-refractivity contribution in [2.45, 2.75) is 19.6 Å². The van der Waals surface area contributed by atoms with Crippen LogP contribution in [0, 0.1) is 6.57 Å². The Hall–Kier alpha value is -3.09. The van der Waals surface area contributed by atoms with Gasteiger partial charge >= 0.3 is 0 Å². The van der Waals surface area contributed by atoms with Gasteiger partial charge in [-0.15, -0.1) is 0 Å². The Morgan fingerprint density at radius 1 is 0.692 bits per heavy atom. The molecule has 0 amide bonds. The number of hydrogen-bond donors (Lipinski definition) is 1. The van der Waals surface area contributed by atoms with Gasteiger partial charge in [-0.1, -0.05) is 72.8 Å². The molecule has 0 bridgehead atoms. The summed E-state index contributed by atoms with van der Waals surface area (Å²) in [5.41, 5.74) is 3.53. The lowest BCUT2D eigenvalue weighted by atomic mass is 10.1. The minimum Gasteiger partial charge on any atom is -0.508 e. The van der Waals surface area contributed by atoms with Crippen molar-refractivity contribution in [2.24, 2.45) is 0 Å². The van der Waals surface area contributed by atoms with Crippen molar-refractivity contribution in [2.75, 3.05) is 6.54 Å². The highest BCUT2D eigenvalue weighted by Crippen LogP contribution is 2.09. The Balaban J connectivity index is 0.000000197. The van der Waals surface area contributed by atoms with Gasteiger partial charge in [0.2, 0.25) is 6.54 Å². The van der Waals surface area contributed by atoms with E-state index in [0.717, 1.165) is 12.0 Å². The summed E-state index contributed by atoms with van der Waals surface area (Å²) in [5.74, 6) is 0.275. The first-order valence-electron chi connectivity index (χ1n) is 8.54. The molecule has 3 heteroatoms. The third-order valence-corrected chi connectivity index (χ3v) is 3.67. The van der Waals surface area contributed by atoms with E-state index in [-0.39, 0.29) is 5.75 Å². The fourth-order valence-corrected chi connectivity index (χ4v) is 2.28. The van der Waals surface area contributed by atoms with Crippen LogP contribution in [-0.2, 0) is 24.4 Å². The van der Waals surface area contributed by atoms with E-state index >= 15 is 0 Å². The zero-order valence-electron chi connectivity index (χ0n) is 14.7. The minimum atomic E-state index is 0.275. The van der Waals surface area contributed by atoms with Crippen LogP contribution in [0.4, 0.5) is 0 Å². The normalized spacial score (nSPS) is 9.65. The molecule has 3 rings (SSSR count). The molecular weight excluding hydrogens is 322 g/mol. The van der Waals surface area contributed by atoms with Gasteiger partial charge < -0.3 is 14.7 Å². The van der Waals surface area contributed by atoms with Gasteiger partial charge in [-0.3, -0.25) is 0 Å². The van der Waals surface area contributed by atoms with Crippen LogP contribution < -0.4 is 0 Å². The largest absolute Gasteiger partial charge is 0.508 e. The topological polar surface area (TPSA) is 33.8 Å².